The molecule has 19 heavy (non-hydrogen) atoms. The van der Waals surface area contributed by atoms with Gasteiger partial charge in [-0.2, -0.15) is 0 Å². The molecular weight excluding hydrogens is 240 g/mol. The van der Waals surface area contributed by atoms with Crippen molar-refractivity contribution in [3.63, 3.8) is 0 Å². The van der Waals surface area contributed by atoms with Crippen LogP contribution in [0.5, 0.6) is 0 Å². The number of hydrogen-bond donors (Lipinski definition) is 1. The van der Waals surface area contributed by atoms with Gasteiger partial charge in [-0.1, -0.05) is 13.8 Å². The van der Waals surface area contributed by atoms with E-state index in [4.69, 9.17) is 4.74 Å². The number of likely N-dealkylation sites (tertiary alicyclic amines) is 1. The standard InChI is InChI=1S/C15H30N2O2/c1-6-16-15(5,14(18)19-7-2)11-17-10-12(3)8-9-13(17)4/h12-13,16H,6-11H2,1-5H3. The minimum atomic E-state index is -0.601. The number of piperidine rings is 1. The number of nitrogens with zero attached hydrogens (tertiary/aromatic N) is 1. The lowest BCUT2D eigenvalue weighted by Crippen LogP contribution is -2.60. The highest BCUT2D eigenvalue weighted by Crippen LogP contribution is 2.23. The first-order chi connectivity index (χ1) is 8.92. The van der Waals surface area contributed by atoms with Crippen molar-refractivity contribution in [2.75, 3.05) is 26.2 Å². The lowest BCUT2D eigenvalue weighted by molar-refractivity contribution is -0.151. The highest BCUT2D eigenvalue weighted by Gasteiger charge is 2.38. The van der Waals surface area contributed by atoms with Gasteiger partial charge in [0.15, 0.2) is 0 Å². The van der Waals surface area contributed by atoms with E-state index in [1.807, 2.05) is 20.8 Å². The molecule has 4 heteroatoms. The quantitative estimate of drug-likeness (QED) is 0.750. The maximum absolute atomic E-state index is 12.2. The van der Waals surface area contributed by atoms with Gasteiger partial charge in [-0.3, -0.25) is 9.69 Å². The van der Waals surface area contributed by atoms with Gasteiger partial charge >= 0.3 is 5.97 Å². The molecule has 1 aliphatic heterocycles. The van der Waals surface area contributed by atoms with Crippen molar-refractivity contribution in [1.29, 1.82) is 0 Å². The fourth-order valence-corrected chi connectivity index (χ4v) is 2.88. The average molecular weight is 270 g/mol. The summed E-state index contributed by atoms with van der Waals surface area (Å²) in [5, 5.41) is 3.31. The normalized spacial score (nSPS) is 27.8. The number of ether oxygens (including phenoxy) is 1. The first-order valence-corrected chi connectivity index (χ1v) is 7.59. The molecule has 0 radical (unpaired) electrons. The third-order valence-corrected chi connectivity index (χ3v) is 4.06. The SMILES string of the molecule is CCNC(C)(CN1CC(C)CCC1C)C(=O)OCC. The Hall–Kier alpha value is -0.610. The van der Waals surface area contributed by atoms with Crippen LogP contribution in [-0.2, 0) is 9.53 Å². The van der Waals surface area contributed by atoms with E-state index < -0.39 is 5.54 Å². The van der Waals surface area contributed by atoms with Crippen molar-refractivity contribution in [2.24, 2.45) is 5.92 Å². The fraction of sp³-hybridized carbons (Fsp3) is 0.933. The van der Waals surface area contributed by atoms with Gasteiger partial charge in [0.05, 0.1) is 6.61 Å². The molecule has 1 heterocycles. The highest BCUT2D eigenvalue weighted by atomic mass is 16.5. The average Bonchev–Trinajstić information content (AvgIpc) is 2.34. The lowest BCUT2D eigenvalue weighted by atomic mass is 9.92. The van der Waals surface area contributed by atoms with E-state index >= 15 is 0 Å². The summed E-state index contributed by atoms with van der Waals surface area (Å²) in [6.07, 6.45) is 2.50. The van der Waals surface area contributed by atoms with Crippen molar-refractivity contribution < 1.29 is 9.53 Å². The largest absolute Gasteiger partial charge is 0.465 e. The van der Waals surface area contributed by atoms with Crippen LogP contribution in [0.25, 0.3) is 0 Å². The molecule has 0 aromatic heterocycles. The first-order valence-electron chi connectivity index (χ1n) is 7.59. The molecular formula is C15H30N2O2. The third kappa shape index (κ3) is 4.46. The van der Waals surface area contributed by atoms with Gasteiger partial charge in [0.1, 0.15) is 5.54 Å². The van der Waals surface area contributed by atoms with Crippen LogP contribution in [0.1, 0.15) is 47.5 Å². The van der Waals surface area contributed by atoms with E-state index in [9.17, 15) is 4.79 Å². The molecule has 3 atom stereocenters. The van der Waals surface area contributed by atoms with E-state index in [1.165, 1.54) is 12.8 Å². The fourth-order valence-electron chi connectivity index (χ4n) is 2.88. The molecule has 0 bridgehead atoms. The Bertz CT molecular complexity index is 296. The Kier molecular flexibility index (Phi) is 6.27. The topological polar surface area (TPSA) is 41.6 Å². The van der Waals surface area contributed by atoms with Crippen LogP contribution < -0.4 is 5.32 Å². The summed E-state index contributed by atoms with van der Waals surface area (Å²) >= 11 is 0. The molecule has 0 aliphatic carbocycles. The zero-order chi connectivity index (χ0) is 14.5. The van der Waals surface area contributed by atoms with Crippen LogP contribution in [0.4, 0.5) is 0 Å². The molecule has 3 unspecified atom stereocenters. The number of rotatable bonds is 6. The molecule has 112 valence electrons. The summed E-state index contributed by atoms with van der Waals surface area (Å²) in [6.45, 7) is 13.4. The molecule has 1 aliphatic rings. The monoisotopic (exact) mass is 270 g/mol. The van der Waals surface area contributed by atoms with E-state index in [0.717, 1.165) is 19.6 Å². The Balaban J connectivity index is 2.73. The van der Waals surface area contributed by atoms with Gasteiger partial charge in [0.2, 0.25) is 0 Å². The van der Waals surface area contributed by atoms with Crippen molar-refractivity contribution >= 4 is 5.97 Å². The van der Waals surface area contributed by atoms with Crippen LogP contribution in [-0.4, -0.2) is 48.7 Å². The summed E-state index contributed by atoms with van der Waals surface area (Å²) in [5.74, 6) is 0.576. The van der Waals surface area contributed by atoms with Crippen molar-refractivity contribution in [2.45, 2.75) is 59.0 Å². The second-order valence-electron chi connectivity index (χ2n) is 6.04. The Morgan fingerprint density at radius 3 is 2.63 bits per heavy atom. The lowest BCUT2D eigenvalue weighted by Gasteiger charge is -2.41. The minimum absolute atomic E-state index is 0.137. The highest BCUT2D eigenvalue weighted by molar-refractivity contribution is 5.80. The summed E-state index contributed by atoms with van der Waals surface area (Å²) in [4.78, 5) is 14.6. The molecule has 4 nitrogen and oxygen atoms in total. The summed E-state index contributed by atoms with van der Waals surface area (Å²) in [6, 6.07) is 0.545. The van der Waals surface area contributed by atoms with Gasteiger partial charge in [0, 0.05) is 19.1 Å². The number of hydrogen-bond acceptors (Lipinski definition) is 4. The third-order valence-electron chi connectivity index (χ3n) is 4.06. The van der Waals surface area contributed by atoms with Gasteiger partial charge in [0.25, 0.3) is 0 Å². The van der Waals surface area contributed by atoms with Gasteiger partial charge < -0.3 is 10.1 Å². The van der Waals surface area contributed by atoms with Gasteiger partial charge in [-0.15, -0.1) is 0 Å². The minimum Gasteiger partial charge on any atom is -0.465 e. The van der Waals surface area contributed by atoms with Gasteiger partial charge in [-0.05, 0) is 46.1 Å². The Morgan fingerprint density at radius 1 is 1.37 bits per heavy atom. The molecule has 0 spiro atoms. The smallest absolute Gasteiger partial charge is 0.327 e. The summed E-state index contributed by atoms with van der Waals surface area (Å²) in [5.41, 5.74) is -0.601. The van der Waals surface area contributed by atoms with E-state index in [2.05, 4.69) is 24.1 Å². The molecule has 1 rings (SSSR count). The van der Waals surface area contributed by atoms with Crippen LogP contribution >= 0.6 is 0 Å². The zero-order valence-corrected chi connectivity index (χ0v) is 13.2. The zero-order valence-electron chi connectivity index (χ0n) is 13.2. The molecule has 0 amide bonds. The van der Waals surface area contributed by atoms with Crippen molar-refractivity contribution in [1.82, 2.24) is 10.2 Å². The number of esters is 1. The van der Waals surface area contributed by atoms with Crippen molar-refractivity contribution in [3.8, 4) is 0 Å². The van der Waals surface area contributed by atoms with E-state index in [1.54, 1.807) is 0 Å². The molecule has 0 aromatic rings. The predicted octanol–water partition coefficient (Wildman–Crippen LogP) is 2.04. The Morgan fingerprint density at radius 2 is 2.05 bits per heavy atom. The van der Waals surface area contributed by atoms with E-state index in [-0.39, 0.29) is 5.97 Å². The van der Waals surface area contributed by atoms with Crippen LogP contribution in [0.15, 0.2) is 0 Å². The van der Waals surface area contributed by atoms with Crippen molar-refractivity contribution in [3.05, 3.63) is 0 Å². The maximum atomic E-state index is 12.2. The molecule has 1 saturated heterocycles. The number of carbonyl (C=O) groups excluding carboxylic acids is 1. The number of carbonyl (C=O) groups is 1. The van der Waals surface area contributed by atoms with Crippen LogP contribution in [0, 0.1) is 5.92 Å². The molecule has 0 saturated carbocycles. The Labute approximate surface area is 117 Å². The maximum Gasteiger partial charge on any atom is 0.327 e. The summed E-state index contributed by atoms with van der Waals surface area (Å²) in [7, 11) is 0. The molecule has 0 aromatic carbocycles. The van der Waals surface area contributed by atoms with Crippen LogP contribution in [0.3, 0.4) is 0 Å². The molecule has 1 fully saturated rings. The van der Waals surface area contributed by atoms with Crippen LogP contribution in [0.2, 0.25) is 0 Å². The first kappa shape index (κ1) is 16.4. The summed E-state index contributed by atoms with van der Waals surface area (Å²) < 4.78 is 5.24. The number of nitrogens with one attached hydrogen (secondary N) is 1. The number of likely N-dealkylation sites (N-methyl/N-ethyl adjacent to an activating group) is 1. The van der Waals surface area contributed by atoms with Gasteiger partial charge in [-0.25, -0.2) is 0 Å². The second kappa shape index (κ2) is 7.25. The second-order valence-corrected chi connectivity index (χ2v) is 6.04. The predicted molar refractivity (Wildman–Crippen MR) is 78.1 cm³/mol. The molecule has 1 N–H and O–H groups in total. The van der Waals surface area contributed by atoms with E-state index in [0.29, 0.717) is 18.6 Å².